The first kappa shape index (κ1) is 12.1. The number of nitriles is 1. The number of hydrogen-bond donors (Lipinski definition) is 1. The monoisotopic (exact) mass is 244 g/mol. The number of hydrogen-bond acceptors (Lipinski definition) is 4. The number of carbonyl (C=O) groups is 2. The van der Waals surface area contributed by atoms with Crippen molar-refractivity contribution in [1.82, 2.24) is 0 Å². The molecule has 1 amide bonds. The molecule has 1 aromatic carbocycles. The van der Waals surface area contributed by atoms with Gasteiger partial charge in [-0.25, -0.2) is 4.79 Å². The number of rotatable bonds is 3. The number of ether oxygens (including phenoxy) is 1. The maximum atomic E-state index is 11.8. The number of esters is 1. The van der Waals surface area contributed by atoms with Crippen molar-refractivity contribution < 1.29 is 14.3 Å². The summed E-state index contributed by atoms with van der Waals surface area (Å²) in [4.78, 5) is 23.2. The second kappa shape index (κ2) is 4.49. The SMILES string of the molecule is COC(=O)c1cccc(NC(=O)C2(C#N)CC2)c1. The van der Waals surface area contributed by atoms with Crippen LogP contribution in [0.15, 0.2) is 24.3 Å². The Morgan fingerprint density at radius 1 is 1.44 bits per heavy atom. The van der Waals surface area contributed by atoms with Crippen molar-refractivity contribution >= 4 is 17.6 Å². The molecule has 0 heterocycles. The highest BCUT2D eigenvalue weighted by Gasteiger charge is 2.50. The first-order valence-electron chi connectivity index (χ1n) is 5.52. The van der Waals surface area contributed by atoms with E-state index in [2.05, 4.69) is 10.1 Å². The lowest BCUT2D eigenvalue weighted by molar-refractivity contribution is -0.119. The van der Waals surface area contributed by atoms with E-state index in [4.69, 9.17) is 5.26 Å². The van der Waals surface area contributed by atoms with Gasteiger partial charge in [-0.3, -0.25) is 4.79 Å². The van der Waals surface area contributed by atoms with Crippen LogP contribution in [-0.2, 0) is 9.53 Å². The van der Waals surface area contributed by atoms with Crippen LogP contribution in [0.2, 0.25) is 0 Å². The predicted molar refractivity (Wildman–Crippen MR) is 63.7 cm³/mol. The van der Waals surface area contributed by atoms with Gasteiger partial charge in [0.15, 0.2) is 0 Å². The third-order valence-corrected chi connectivity index (χ3v) is 2.94. The zero-order valence-corrected chi connectivity index (χ0v) is 9.90. The lowest BCUT2D eigenvalue weighted by Gasteiger charge is -2.09. The molecule has 0 aromatic heterocycles. The summed E-state index contributed by atoms with van der Waals surface area (Å²) >= 11 is 0. The highest BCUT2D eigenvalue weighted by molar-refractivity contribution is 6.00. The molecule has 92 valence electrons. The van der Waals surface area contributed by atoms with Crippen LogP contribution in [0.5, 0.6) is 0 Å². The fourth-order valence-corrected chi connectivity index (χ4v) is 1.61. The van der Waals surface area contributed by atoms with E-state index in [0.717, 1.165) is 0 Å². The standard InChI is InChI=1S/C13H12N2O3/c1-18-11(16)9-3-2-4-10(7-9)15-12(17)13(8-14)5-6-13/h2-4,7H,5-6H2,1H3,(H,15,17). The Balaban J connectivity index is 2.13. The molecule has 1 aromatic rings. The topological polar surface area (TPSA) is 79.2 Å². The molecule has 0 saturated heterocycles. The number of nitrogens with one attached hydrogen (secondary N) is 1. The van der Waals surface area contributed by atoms with Gasteiger partial charge in [0.05, 0.1) is 18.7 Å². The summed E-state index contributed by atoms with van der Waals surface area (Å²) in [6.07, 6.45) is 1.18. The second-order valence-electron chi connectivity index (χ2n) is 4.22. The molecule has 2 rings (SSSR count). The summed E-state index contributed by atoms with van der Waals surface area (Å²) < 4.78 is 4.59. The lowest BCUT2D eigenvalue weighted by Crippen LogP contribution is -2.22. The number of anilines is 1. The van der Waals surface area contributed by atoms with Crippen LogP contribution in [0.25, 0.3) is 0 Å². The summed E-state index contributed by atoms with van der Waals surface area (Å²) in [6.45, 7) is 0. The van der Waals surface area contributed by atoms with Gasteiger partial charge in [0, 0.05) is 5.69 Å². The minimum atomic E-state index is -0.874. The Morgan fingerprint density at radius 2 is 2.17 bits per heavy atom. The van der Waals surface area contributed by atoms with Crippen molar-refractivity contribution in [1.29, 1.82) is 5.26 Å². The van der Waals surface area contributed by atoms with E-state index in [0.29, 0.717) is 24.1 Å². The highest BCUT2D eigenvalue weighted by atomic mass is 16.5. The summed E-state index contributed by atoms with van der Waals surface area (Å²) in [6, 6.07) is 8.45. The minimum absolute atomic E-state index is 0.313. The zero-order valence-electron chi connectivity index (χ0n) is 9.90. The predicted octanol–water partition coefficient (Wildman–Crippen LogP) is 1.72. The molecular formula is C13H12N2O3. The Bertz CT molecular complexity index is 541. The van der Waals surface area contributed by atoms with Gasteiger partial charge in [0.2, 0.25) is 5.91 Å². The molecule has 0 aliphatic heterocycles. The van der Waals surface area contributed by atoms with Crippen molar-refractivity contribution in [3.8, 4) is 6.07 Å². The van der Waals surface area contributed by atoms with Crippen LogP contribution in [0, 0.1) is 16.7 Å². The molecular weight excluding hydrogens is 232 g/mol. The maximum absolute atomic E-state index is 11.8. The van der Waals surface area contributed by atoms with Gasteiger partial charge >= 0.3 is 5.97 Å². The van der Waals surface area contributed by atoms with E-state index < -0.39 is 11.4 Å². The van der Waals surface area contributed by atoms with Crippen LogP contribution in [0.3, 0.4) is 0 Å². The molecule has 1 N–H and O–H groups in total. The molecule has 1 aliphatic rings. The Morgan fingerprint density at radius 3 is 2.72 bits per heavy atom. The van der Waals surface area contributed by atoms with Gasteiger partial charge in [-0.1, -0.05) is 6.07 Å². The Labute approximate surface area is 104 Å². The van der Waals surface area contributed by atoms with E-state index >= 15 is 0 Å². The number of benzene rings is 1. The molecule has 1 aliphatic carbocycles. The first-order chi connectivity index (χ1) is 8.61. The van der Waals surface area contributed by atoms with Gasteiger partial charge in [-0.15, -0.1) is 0 Å². The fourth-order valence-electron chi connectivity index (χ4n) is 1.61. The van der Waals surface area contributed by atoms with Crippen molar-refractivity contribution in [2.24, 2.45) is 5.41 Å². The highest BCUT2D eigenvalue weighted by Crippen LogP contribution is 2.45. The summed E-state index contributed by atoms with van der Waals surface area (Å²) in [7, 11) is 1.29. The first-order valence-corrected chi connectivity index (χ1v) is 5.52. The zero-order chi connectivity index (χ0) is 13.2. The molecule has 0 bridgehead atoms. The van der Waals surface area contributed by atoms with E-state index in [1.807, 2.05) is 6.07 Å². The van der Waals surface area contributed by atoms with Crippen molar-refractivity contribution in [3.05, 3.63) is 29.8 Å². The van der Waals surface area contributed by atoms with E-state index in [1.54, 1.807) is 18.2 Å². The van der Waals surface area contributed by atoms with Gasteiger partial charge < -0.3 is 10.1 Å². The van der Waals surface area contributed by atoms with Crippen molar-refractivity contribution in [2.75, 3.05) is 12.4 Å². The Hall–Kier alpha value is -2.35. The van der Waals surface area contributed by atoms with Gasteiger partial charge in [0.25, 0.3) is 0 Å². The van der Waals surface area contributed by atoms with Crippen LogP contribution in [0.4, 0.5) is 5.69 Å². The lowest BCUT2D eigenvalue weighted by atomic mass is 10.1. The van der Waals surface area contributed by atoms with Crippen molar-refractivity contribution in [2.45, 2.75) is 12.8 Å². The van der Waals surface area contributed by atoms with Crippen LogP contribution >= 0.6 is 0 Å². The largest absolute Gasteiger partial charge is 0.465 e. The molecule has 0 radical (unpaired) electrons. The normalized spacial score (nSPS) is 15.3. The molecule has 5 heteroatoms. The number of amides is 1. The average Bonchev–Trinajstić information content (AvgIpc) is 3.19. The van der Waals surface area contributed by atoms with E-state index in [1.165, 1.54) is 13.2 Å². The number of nitrogens with zero attached hydrogens (tertiary/aromatic N) is 1. The quantitative estimate of drug-likeness (QED) is 0.821. The summed E-state index contributed by atoms with van der Waals surface area (Å²) in [5, 5.41) is 11.5. The van der Waals surface area contributed by atoms with E-state index in [9.17, 15) is 9.59 Å². The van der Waals surface area contributed by atoms with Crippen LogP contribution in [0.1, 0.15) is 23.2 Å². The van der Waals surface area contributed by atoms with Gasteiger partial charge in [-0.2, -0.15) is 5.26 Å². The van der Waals surface area contributed by atoms with Gasteiger partial charge in [-0.05, 0) is 31.0 Å². The maximum Gasteiger partial charge on any atom is 0.337 e. The third-order valence-electron chi connectivity index (χ3n) is 2.94. The smallest absolute Gasteiger partial charge is 0.337 e. The summed E-state index contributed by atoms with van der Waals surface area (Å²) in [5.74, 6) is -0.778. The van der Waals surface area contributed by atoms with Crippen molar-refractivity contribution in [3.63, 3.8) is 0 Å². The van der Waals surface area contributed by atoms with Gasteiger partial charge in [0.1, 0.15) is 5.41 Å². The average molecular weight is 244 g/mol. The second-order valence-corrected chi connectivity index (χ2v) is 4.22. The Kier molecular flexibility index (Phi) is 3.02. The number of carbonyl (C=O) groups excluding carboxylic acids is 2. The molecule has 1 fully saturated rings. The minimum Gasteiger partial charge on any atom is -0.465 e. The molecule has 0 unspecified atom stereocenters. The molecule has 1 saturated carbocycles. The molecule has 0 atom stereocenters. The third kappa shape index (κ3) is 2.18. The molecule has 18 heavy (non-hydrogen) atoms. The molecule has 5 nitrogen and oxygen atoms in total. The van der Waals surface area contributed by atoms with Crippen LogP contribution in [-0.4, -0.2) is 19.0 Å². The number of methoxy groups -OCH3 is 1. The van der Waals surface area contributed by atoms with E-state index in [-0.39, 0.29) is 5.91 Å². The fraction of sp³-hybridized carbons (Fsp3) is 0.308. The summed E-state index contributed by atoms with van der Waals surface area (Å²) in [5.41, 5.74) is -0.0251. The molecule has 0 spiro atoms. The van der Waals surface area contributed by atoms with Crippen LogP contribution < -0.4 is 5.32 Å².